The zero-order valence-corrected chi connectivity index (χ0v) is 19.5. The largest absolute Gasteiger partial charge is 0.414 e. The average molecular weight is 392 g/mol. The van der Waals surface area contributed by atoms with Crippen LogP contribution in [0, 0.1) is 34.5 Å². The Morgan fingerprint density at radius 1 is 0.926 bits per heavy atom. The van der Waals surface area contributed by atoms with E-state index in [1.165, 1.54) is 57.1 Å². The summed E-state index contributed by atoms with van der Waals surface area (Å²) in [7, 11) is 0.221. The van der Waals surface area contributed by atoms with Crippen LogP contribution in [-0.2, 0) is 9.26 Å². The molecule has 0 aromatic rings. The molecule has 7 atom stereocenters. The molecule has 0 aliphatic heterocycles. The summed E-state index contributed by atoms with van der Waals surface area (Å²) in [6.45, 7) is 12.3. The summed E-state index contributed by atoms with van der Waals surface area (Å²) in [5.41, 5.74) is 2.26. The Balaban J connectivity index is 1.54. The van der Waals surface area contributed by atoms with Crippen LogP contribution in [0.4, 0.5) is 0 Å². The van der Waals surface area contributed by atoms with E-state index >= 15 is 0 Å². The summed E-state index contributed by atoms with van der Waals surface area (Å²) in [6, 6.07) is 0. The summed E-state index contributed by atoms with van der Waals surface area (Å²) in [6.07, 6.45) is 12.5. The van der Waals surface area contributed by atoms with Crippen molar-refractivity contribution in [2.24, 2.45) is 39.7 Å². The Labute approximate surface area is 167 Å². The summed E-state index contributed by atoms with van der Waals surface area (Å²) >= 11 is 0. The lowest BCUT2D eigenvalue weighted by atomic mass is 9.45. The first kappa shape index (κ1) is 19.9. The van der Waals surface area contributed by atoms with Gasteiger partial charge in [0.2, 0.25) is 0 Å². The van der Waals surface area contributed by atoms with Crippen LogP contribution >= 0.6 is 0 Å². The molecule has 4 fully saturated rings. The predicted octanol–water partition coefficient (Wildman–Crippen LogP) is 6.25. The molecule has 0 amide bonds. The highest BCUT2D eigenvalue weighted by Gasteiger charge is 2.60. The van der Waals surface area contributed by atoms with E-state index in [-0.39, 0.29) is 0 Å². The Morgan fingerprint density at radius 3 is 2.37 bits per heavy atom. The fourth-order valence-electron chi connectivity index (χ4n) is 7.84. The van der Waals surface area contributed by atoms with Gasteiger partial charge in [0.15, 0.2) is 8.32 Å². The van der Waals surface area contributed by atoms with Gasteiger partial charge in [0, 0.05) is 0 Å². The third-order valence-corrected chi connectivity index (χ3v) is 10.1. The lowest BCUT2D eigenvalue weighted by Crippen LogP contribution is -2.54. The molecule has 4 saturated carbocycles. The topological polar surface area (TPSA) is 30.8 Å². The molecule has 0 aromatic heterocycles. The molecule has 0 heterocycles. The second kappa shape index (κ2) is 6.86. The summed E-state index contributed by atoms with van der Waals surface area (Å²) in [4.78, 5) is 5.10. The number of rotatable bonds is 3. The normalized spacial score (nSPS) is 48.7. The molecule has 0 radical (unpaired) electrons. The van der Waals surface area contributed by atoms with Gasteiger partial charge < -0.3 is 9.26 Å². The number of fused-ring (bicyclic) bond motifs is 5. The van der Waals surface area contributed by atoms with Crippen molar-refractivity contribution in [3.63, 3.8) is 0 Å². The third-order valence-electron chi connectivity index (χ3n) is 9.13. The first-order valence-electron chi connectivity index (χ1n) is 11.4. The molecule has 0 N–H and O–H groups in total. The molecular weight excluding hydrogens is 350 g/mol. The molecule has 4 aliphatic carbocycles. The van der Waals surface area contributed by atoms with Crippen LogP contribution in [0.5, 0.6) is 0 Å². The SMILES string of the molecule is CON=C1CCC2(C)C(CCC3C2CCC2(C)C(O[Si](C)(C)C)CCC32)C1. The van der Waals surface area contributed by atoms with Crippen LogP contribution in [0.15, 0.2) is 5.16 Å². The van der Waals surface area contributed by atoms with Crippen molar-refractivity contribution in [3.8, 4) is 0 Å². The zero-order chi connectivity index (χ0) is 19.4. The summed E-state index contributed by atoms with van der Waals surface area (Å²) < 4.78 is 6.73. The first-order chi connectivity index (χ1) is 12.7. The van der Waals surface area contributed by atoms with E-state index in [0.29, 0.717) is 16.9 Å². The van der Waals surface area contributed by atoms with Gasteiger partial charge in [-0.2, -0.15) is 0 Å². The van der Waals surface area contributed by atoms with Crippen LogP contribution in [0.25, 0.3) is 0 Å². The molecule has 7 unspecified atom stereocenters. The number of hydrogen-bond donors (Lipinski definition) is 0. The highest BCUT2D eigenvalue weighted by molar-refractivity contribution is 6.69. The van der Waals surface area contributed by atoms with Gasteiger partial charge in [0.1, 0.15) is 7.11 Å². The van der Waals surface area contributed by atoms with Gasteiger partial charge in [-0.05, 0) is 112 Å². The molecule has 0 spiro atoms. The minimum Gasteiger partial charge on any atom is -0.414 e. The second-order valence-corrected chi connectivity index (χ2v) is 16.0. The number of nitrogens with zero attached hydrogens (tertiary/aromatic N) is 1. The monoisotopic (exact) mass is 391 g/mol. The van der Waals surface area contributed by atoms with Crippen molar-refractivity contribution in [3.05, 3.63) is 0 Å². The first-order valence-corrected chi connectivity index (χ1v) is 14.8. The van der Waals surface area contributed by atoms with Gasteiger partial charge in [-0.25, -0.2) is 0 Å². The van der Waals surface area contributed by atoms with Crippen LogP contribution in [0.3, 0.4) is 0 Å². The Bertz CT molecular complexity index is 600. The molecule has 3 nitrogen and oxygen atoms in total. The van der Waals surface area contributed by atoms with Crippen LogP contribution < -0.4 is 0 Å². The van der Waals surface area contributed by atoms with Gasteiger partial charge in [-0.3, -0.25) is 0 Å². The lowest BCUT2D eigenvalue weighted by Gasteiger charge is -2.60. The predicted molar refractivity (Wildman–Crippen MR) is 114 cm³/mol. The molecule has 154 valence electrons. The summed E-state index contributed by atoms with van der Waals surface area (Å²) in [5.74, 6) is 3.57. The van der Waals surface area contributed by atoms with Crippen molar-refractivity contribution < 1.29 is 9.26 Å². The van der Waals surface area contributed by atoms with E-state index in [1.54, 1.807) is 7.11 Å². The maximum absolute atomic E-state index is 6.73. The summed E-state index contributed by atoms with van der Waals surface area (Å²) in [5, 5.41) is 4.32. The Kier molecular flexibility index (Phi) is 5.07. The van der Waals surface area contributed by atoms with Crippen molar-refractivity contribution in [1.29, 1.82) is 0 Å². The number of hydrogen-bond acceptors (Lipinski definition) is 3. The van der Waals surface area contributed by atoms with Crippen molar-refractivity contribution >= 4 is 14.0 Å². The second-order valence-electron chi connectivity index (χ2n) is 11.5. The van der Waals surface area contributed by atoms with E-state index < -0.39 is 8.32 Å². The van der Waals surface area contributed by atoms with E-state index in [2.05, 4.69) is 38.6 Å². The molecular formula is C23H41NO2Si. The fourth-order valence-corrected chi connectivity index (χ4v) is 9.08. The molecule has 0 bridgehead atoms. The maximum atomic E-state index is 6.73. The van der Waals surface area contributed by atoms with E-state index in [1.807, 2.05) is 0 Å². The molecule has 0 aromatic carbocycles. The maximum Gasteiger partial charge on any atom is 0.184 e. The number of oxime groups is 1. The quantitative estimate of drug-likeness (QED) is 0.420. The molecule has 4 rings (SSSR count). The van der Waals surface area contributed by atoms with Crippen molar-refractivity contribution in [2.45, 2.75) is 97.4 Å². The van der Waals surface area contributed by atoms with E-state index in [4.69, 9.17) is 9.26 Å². The Hall–Kier alpha value is -0.353. The van der Waals surface area contributed by atoms with Gasteiger partial charge in [-0.15, -0.1) is 0 Å². The molecule has 0 saturated heterocycles. The fraction of sp³-hybridized carbons (Fsp3) is 0.957. The zero-order valence-electron chi connectivity index (χ0n) is 18.5. The van der Waals surface area contributed by atoms with Gasteiger partial charge in [0.05, 0.1) is 11.8 Å². The van der Waals surface area contributed by atoms with Crippen LogP contribution in [0.1, 0.15) is 71.6 Å². The third kappa shape index (κ3) is 3.33. The van der Waals surface area contributed by atoms with Gasteiger partial charge >= 0.3 is 0 Å². The van der Waals surface area contributed by atoms with E-state index in [9.17, 15) is 0 Å². The van der Waals surface area contributed by atoms with Crippen molar-refractivity contribution in [2.75, 3.05) is 7.11 Å². The average Bonchev–Trinajstić information content (AvgIpc) is 2.90. The molecule has 4 aliphatic rings. The van der Waals surface area contributed by atoms with Gasteiger partial charge in [0.25, 0.3) is 0 Å². The smallest absolute Gasteiger partial charge is 0.184 e. The highest BCUT2D eigenvalue weighted by Crippen LogP contribution is 2.66. The van der Waals surface area contributed by atoms with E-state index in [0.717, 1.165) is 30.1 Å². The molecule has 27 heavy (non-hydrogen) atoms. The minimum absolute atomic E-state index is 0.433. The van der Waals surface area contributed by atoms with Crippen molar-refractivity contribution in [1.82, 2.24) is 0 Å². The standard InChI is InChI=1S/C23H41NO2Si/c1-22-13-11-17(24-25-3)15-16(22)7-8-18-19-9-10-21(26-27(4,5)6)23(19,2)14-12-20(18)22/h16,18-21H,7-15H2,1-6H3. The lowest BCUT2D eigenvalue weighted by molar-refractivity contribution is -0.110. The highest BCUT2D eigenvalue weighted by atomic mass is 28.4. The van der Waals surface area contributed by atoms with Gasteiger partial charge in [-0.1, -0.05) is 19.0 Å². The van der Waals surface area contributed by atoms with Crippen LogP contribution in [-0.4, -0.2) is 27.2 Å². The van der Waals surface area contributed by atoms with Crippen LogP contribution in [0.2, 0.25) is 19.6 Å². The Morgan fingerprint density at radius 2 is 1.67 bits per heavy atom. The molecule has 4 heteroatoms. The minimum atomic E-state index is -1.47.